The monoisotopic (exact) mass is 1430 g/mol. The van der Waals surface area contributed by atoms with E-state index in [4.69, 9.17) is 18.5 Å². The van der Waals surface area contributed by atoms with Crippen molar-refractivity contribution in [3.05, 3.63) is 48.6 Å². The number of hydrogen-bond acceptors (Lipinski definition) is 7. The van der Waals surface area contributed by atoms with Gasteiger partial charge in [-0.3, -0.25) is 18.6 Å². The molecular weight excluding hydrogens is 1250 g/mol. The normalized spacial score (nSPS) is 13.1. The molecule has 0 aromatic carbocycles. The Bertz CT molecular complexity index is 1830. The minimum absolute atomic E-state index is 0.0354. The van der Waals surface area contributed by atoms with Crippen LogP contribution in [0.2, 0.25) is 0 Å². The summed E-state index contributed by atoms with van der Waals surface area (Å²) in [5.74, 6) is -0.768. The molecule has 0 saturated carbocycles. The fourth-order valence-corrected chi connectivity index (χ4v) is 14.3. The number of carbonyl (C=O) groups excluding carboxylic acids is 2. The Morgan fingerprint density at radius 2 is 0.540 bits per heavy atom. The second kappa shape index (κ2) is 81.1. The summed E-state index contributed by atoms with van der Waals surface area (Å²) < 4.78 is 34.9. The van der Waals surface area contributed by atoms with Crippen LogP contribution >= 0.6 is 7.82 Å². The third-order valence-electron chi connectivity index (χ3n) is 20.3. The molecule has 0 bridgehead atoms. The lowest BCUT2D eigenvalue weighted by molar-refractivity contribution is -0.870. The third kappa shape index (κ3) is 84.9. The van der Waals surface area contributed by atoms with Gasteiger partial charge in [-0.1, -0.05) is 422 Å². The van der Waals surface area contributed by atoms with Gasteiger partial charge in [0.05, 0.1) is 27.7 Å². The number of hydrogen-bond donors (Lipinski definition) is 1. The second-order valence-electron chi connectivity index (χ2n) is 31.6. The maximum absolute atomic E-state index is 12.9. The molecule has 100 heavy (non-hydrogen) atoms. The van der Waals surface area contributed by atoms with E-state index in [1.165, 1.54) is 385 Å². The van der Waals surface area contributed by atoms with Gasteiger partial charge in [-0.15, -0.1) is 0 Å². The highest BCUT2D eigenvalue weighted by molar-refractivity contribution is 7.47. The van der Waals surface area contributed by atoms with Crippen LogP contribution in [0.1, 0.15) is 463 Å². The molecule has 0 saturated heterocycles. The van der Waals surface area contributed by atoms with Crippen molar-refractivity contribution in [3.8, 4) is 0 Å². The summed E-state index contributed by atoms with van der Waals surface area (Å²) in [4.78, 5) is 36.1. The first-order valence-corrected chi connectivity index (χ1v) is 45.9. The number of rotatable bonds is 84. The van der Waals surface area contributed by atoms with Gasteiger partial charge in [0.15, 0.2) is 6.10 Å². The molecule has 0 aliphatic heterocycles. The number of carbonyl (C=O) groups is 2. The van der Waals surface area contributed by atoms with Crippen molar-refractivity contribution >= 4 is 19.8 Å². The van der Waals surface area contributed by atoms with E-state index in [0.717, 1.165) is 51.4 Å². The third-order valence-corrected chi connectivity index (χ3v) is 21.3. The van der Waals surface area contributed by atoms with Crippen LogP contribution in [0, 0.1) is 0 Å². The van der Waals surface area contributed by atoms with Crippen LogP contribution in [-0.2, 0) is 32.7 Å². The SMILES string of the molecule is CCCCCCC/C=C\C/C=C\CCCCCCCCCCCCCCCCCCCCCCCCCCCCCC(=O)OC(COC(=O)CCCCCCCCCCCCCCCCCCCCCCCCCCC/C=C\C/C=C\CCCCCCC)COP(=O)(O)OCC[N+](C)(C)C. The van der Waals surface area contributed by atoms with Gasteiger partial charge in [0, 0.05) is 12.8 Å². The fourth-order valence-electron chi connectivity index (χ4n) is 13.6. The smallest absolute Gasteiger partial charge is 0.462 e. The maximum Gasteiger partial charge on any atom is 0.472 e. The number of likely N-dealkylation sites (N-methyl/N-ethyl adjacent to an activating group) is 1. The Morgan fingerprint density at radius 1 is 0.310 bits per heavy atom. The van der Waals surface area contributed by atoms with Crippen LogP contribution < -0.4 is 0 Å². The molecule has 590 valence electrons. The minimum Gasteiger partial charge on any atom is -0.462 e. The van der Waals surface area contributed by atoms with Crippen molar-refractivity contribution < 1.29 is 42.1 Å². The van der Waals surface area contributed by atoms with E-state index in [2.05, 4.69) is 62.5 Å². The van der Waals surface area contributed by atoms with E-state index in [1.54, 1.807) is 0 Å². The van der Waals surface area contributed by atoms with Gasteiger partial charge in [0.2, 0.25) is 0 Å². The summed E-state index contributed by atoms with van der Waals surface area (Å²) in [6.45, 7) is 4.50. The Hall–Kier alpha value is -2.03. The Labute approximate surface area is 624 Å². The highest BCUT2D eigenvalue weighted by Crippen LogP contribution is 2.43. The minimum atomic E-state index is -4.39. The summed E-state index contributed by atoms with van der Waals surface area (Å²) in [7, 11) is 1.51. The van der Waals surface area contributed by atoms with Gasteiger partial charge in [0.1, 0.15) is 19.8 Å². The van der Waals surface area contributed by atoms with Crippen molar-refractivity contribution in [2.24, 2.45) is 0 Å². The molecule has 0 aromatic rings. The lowest BCUT2D eigenvalue weighted by atomic mass is 10.0. The summed E-state index contributed by atoms with van der Waals surface area (Å²) in [6.07, 6.45) is 109. The number of esters is 2. The standard InChI is InChI=1S/C90H172NO8P/c1-6-8-10-12-14-16-18-20-22-24-26-28-30-32-34-36-38-40-42-44-45-47-49-51-53-55-57-59-61-63-65-67-69-71-73-75-77-79-81-83-90(93)99-88(87-98-100(94,95)97-85-84-91(3,4)5)86-96-89(92)82-80-78-76-74-72-70-68-66-64-62-60-58-56-54-52-50-48-46-43-41-39-37-35-33-31-29-27-25-23-21-19-17-15-13-11-9-7-2/h18-21,24-27,88H,6-17,22-23,28-87H2,1-5H3/p+1/b20-18-,21-19-,26-24-,27-25-. The second-order valence-corrected chi connectivity index (χ2v) is 33.1. The van der Waals surface area contributed by atoms with Gasteiger partial charge >= 0.3 is 19.8 Å². The first kappa shape index (κ1) is 98.0. The van der Waals surface area contributed by atoms with Gasteiger partial charge in [-0.2, -0.15) is 0 Å². The molecule has 0 amide bonds. The van der Waals surface area contributed by atoms with Crippen molar-refractivity contribution in [2.75, 3.05) is 47.5 Å². The summed E-state index contributed by atoms with van der Waals surface area (Å²) in [5.41, 5.74) is 0. The molecule has 0 heterocycles. The van der Waals surface area contributed by atoms with Crippen molar-refractivity contribution in [2.45, 2.75) is 469 Å². The van der Waals surface area contributed by atoms with Crippen LogP contribution in [-0.4, -0.2) is 74.9 Å². The zero-order valence-electron chi connectivity index (χ0n) is 67.7. The highest BCUT2D eigenvalue weighted by atomic mass is 31.2. The Balaban J connectivity index is 3.85. The van der Waals surface area contributed by atoms with Gasteiger partial charge in [0.25, 0.3) is 0 Å². The molecule has 0 aliphatic rings. The summed E-state index contributed by atoms with van der Waals surface area (Å²) >= 11 is 0. The van der Waals surface area contributed by atoms with Crippen molar-refractivity contribution in [3.63, 3.8) is 0 Å². The van der Waals surface area contributed by atoms with Crippen LogP contribution in [0.3, 0.4) is 0 Å². The van der Waals surface area contributed by atoms with E-state index < -0.39 is 26.5 Å². The highest BCUT2D eigenvalue weighted by Gasteiger charge is 2.27. The predicted molar refractivity (Wildman–Crippen MR) is 437 cm³/mol. The molecule has 0 aliphatic carbocycles. The largest absolute Gasteiger partial charge is 0.472 e. The number of unbranched alkanes of at least 4 members (excludes halogenated alkanes) is 62. The lowest BCUT2D eigenvalue weighted by Crippen LogP contribution is -2.37. The van der Waals surface area contributed by atoms with E-state index in [0.29, 0.717) is 17.4 Å². The van der Waals surface area contributed by atoms with E-state index in [1.807, 2.05) is 21.1 Å². The number of allylic oxidation sites excluding steroid dienone is 8. The first-order valence-electron chi connectivity index (χ1n) is 44.4. The first-order chi connectivity index (χ1) is 49.0. The van der Waals surface area contributed by atoms with Crippen LogP contribution in [0.25, 0.3) is 0 Å². The number of ether oxygens (including phenoxy) is 2. The molecule has 9 nitrogen and oxygen atoms in total. The molecular formula is C90H173NO8P+. The topological polar surface area (TPSA) is 108 Å². The number of nitrogens with zero attached hydrogens (tertiary/aromatic N) is 1. The Morgan fingerprint density at radius 3 is 0.790 bits per heavy atom. The number of quaternary nitrogens is 1. The van der Waals surface area contributed by atoms with Gasteiger partial charge < -0.3 is 18.9 Å². The fraction of sp³-hybridized carbons (Fsp3) is 0.889. The van der Waals surface area contributed by atoms with Crippen molar-refractivity contribution in [1.29, 1.82) is 0 Å². The Kier molecular flexibility index (Phi) is 79.4. The van der Waals surface area contributed by atoms with Crippen LogP contribution in [0.5, 0.6) is 0 Å². The average Bonchev–Trinajstić information content (AvgIpc) is 1.07. The van der Waals surface area contributed by atoms with E-state index in [-0.39, 0.29) is 25.6 Å². The molecule has 0 radical (unpaired) electrons. The zero-order valence-corrected chi connectivity index (χ0v) is 68.6. The molecule has 2 unspecified atom stereocenters. The molecule has 1 N–H and O–H groups in total. The molecule has 0 aromatic heterocycles. The summed E-state index contributed by atoms with van der Waals surface area (Å²) in [5, 5.41) is 0. The van der Waals surface area contributed by atoms with Crippen molar-refractivity contribution in [1.82, 2.24) is 0 Å². The summed E-state index contributed by atoms with van der Waals surface area (Å²) in [6, 6.07) is 0. The van der Waals surface area contributed by atoms with Crippen LogP contribution in [0.15, 0.2) is 48.6 Å². The lowest BCUT2D eigenvalue weighted by Gasteiger charge is -2.24. The molecule has 0 fully saturated rings. The predicted octanol–water partition coefficient (Wildman–Crippen LogP) is 29.9. The maximum atomic E-state index is 12.9. The zero-order chi connectivity index (χ0) is 72.5. The molecule has 10 heteroatoms. The molecule has 2 atom stereocenters. The van der Waals surface area contributed by atoms with E-state index in [9.17, 15) is 19.0 Å². The number of phosphoric ester groups is 1. The average molecular weight is 1430 g/mol. The molecule has 0 spiro atoms. The van der Waals surface area contributed by atoms with Gasteiger partial charge in [-0.25, -0.2) is 4.57 Å². The van der Waals surface area contributed by atoms with Gasteiger partial charge in [-0.05, 0) is 77.0 Å². The molecule has 0 rings (SSSR count). The number of phosphoric acid groups is 1. The van der Waals surface area contributed by atoms with E-state index >= 15 is 0 Å². The quantitative estimate of drug-likeness (QED) is 0.0211. The van der Waals surface area contributed by atoms with Crippen LogP contribution in [0.4, 0.5) is 0 Å².